The van der Waals surface area contributed by atoms with E-state index in [1.165, 1.54) is 5.69 Å². The summed E-state index contributed by atoms with van der Waals surface area (Å²) in [6, 6.07) is 2.04. The molecule has 2 N–H and O–H groups in total. The molecule has 2 nitrogen and oxygen atoms in total. The zero-order chi connectivity index (χ0) is 9.14. The normalized spacial score (nSPS) is 11.2. The maximum absolute atomic E-state index is 5.83. The number of hydrogen-bond acceptors (Lipinski definition) is 1. The summed E-state index contributed by atoms with van der Waals surface area (Å²) in [5.41, 5.74) is 9.08. The number of anilines is 1. The number of rotatable bonds is 2. The Morgan fingerprint density at radius 1 is 1.58 bits per heavy atom. The number of aromatic nitrogens is 1. The molecule has 1 rings (SSSR count). The Hall–Kier alpha value is -1.18. The SMILES string of the molecule is C/C=C\c1c(N)cc(CC)n1C. The first-order chi connectivity index (χ1) is 5.70. The monoisotopic (exact) mass is 164 g/mol. The van der Waals surface area contributed by atoms with E-state index in [-0.39, 0.29) is 0 Å². The number of allylic oxidation sites excluding steroid dienone is 1. The van der Waals surface area contributed by atoms with Crippen molar-refractivity contribution in [2.75, 3.05) is 5.73 Å². The van der Waals surface area contributed by atoms with E-state index >= 15 is 0 Å². The molecule has 2 heteroatoms. The zero-order valence-corrected chi connectivity index (χ0v) is 7.96. The van der Waals surface area contributed by atoms with Gasteiger partial charge in [0.1, 0.15) is 0 Å². The maximum Gasteiger partial charge on any atom is 0.0636 e. The lowest BCUT2D eigenvalue weighted by Crippen LogP contribution is -1.97. The molecule has 0 amide bonds. The van der Waals surface area contributed by atoms with Crippen molar-refractivity contribution in [3.63, 3.8) is 0 Å². The molecule has 1 aromatic rings. The molecule has 1 heterocycles. The van der Waals surface area contributed by atoms with Crippen molar-refractivity contribution in [2.45, 2.75) is 20.3 Å². The van der Waals surface area contributed by atoms with Crippen molar-refractivity contribution in [3.05, 3.63) is 23.5 Å². The topological polar surface area (TPSA) is 30.9 Å². The molecule has 0 saturated carbocycles. The number of nitrogens with two attached hydrogens (primary N) is 1. The minimum Gasteiger partial charge on any atom is -0.397 e. The first kappa shape index (κ1) is 8.91. The van der Waals surface area contributed by atoms with Crippen LogP contribution < -0.4 is 5.73 Å². The van der Waals surface area contributed by atoms with Crippen LogP contribution in [-0.2, 0) is 13.5 Å². The summed E-state index contributed by atoms with van der Waals surface area (Å²) in [4.78, 5) is 0. The minimum absolute atomic E-state index is 0.868. The third-order valence-corrected chi connectivity index (χ3v) is 2.10. The Labute approximate surface area is 73.7 Å². The van der Waals surface area contributed by atoms with Gasteiger partial charge in [0.25, 0.3) is 0 Å². The molecule has 1 aromatic heterocycles. The van der Waals surface area contributed by atoms with E-state index in [4.69, 9.17) is 5.73 Å². The molecule has 0 aliphatic rings. The number of nitrogens with zero attached hydrogens (tertiary/aromatic N) is 1. The van der Waals surface area contributed by atoms with Crippen molar-refractivity contribution >= 4 is 11.8 Å². The molecule has 0 fully saturated rings. The smallest absolute Gasteiger partial charge is 0.0636 e. The van der Waals surface area contributed by atoms with Crippen LogP contribution in [0.15, 0.2) is 12.1 Å². The molecule has 0 aromatic carbocycles. The van der Waals surface area contributed by atoms with Crippen LogP contribution >= 0.6 is 0 Å². The van der Waals surface area contributed by atoms with E-state index < -0.39 is 0 Å². The molecule has 0 saturated heterocycles. The molecule has 0 bridgehead atoms. The van der Waals surface area contributed by atoms with Crippen LogP contribution in [0.2, 0.25) is 0 Å². The number of nitrogen functional groups attached to an aromatic ring is 1. The van der Waals surface area contributed by atoms with Crippen molar-refractivity contribution < 1.29 is 0 Å². The van der Waals surface area contributed by atoms with E-state index in [9.17, 15) is 0 Å². The lowest BCUT2D eigenvalue weighted by molar-refractivity contribution is 0.830. The predicted molar refractivity (Wildman–Crippen MR) is 53.9 cm³/mol. The summed E-state index contributed by atoms with van der Waals surface area (Å²) in [5.74, 6) is 0. The summed E-state index contributed by atoms with van der Waals surface area (Å²) in [7, 11) is 2.05. The summed E-state index contributed by atoms with van der Waals surface area (Å²) in [6.07, 6.45) is 5.07. The molecule has 0 spiro atoms. The zero-order valence-electron chi connectivity index (χ0n) is 7.96. The Morgan fingerprint density at radius 3 is 2.67 bits per heavy atom. The average Bonchev–Trinajstić information content (AvgIpc) is 2.32. The second-order valence-electron chi connectivity index (χ2n) is 2.89. The lowest BCUT2D eigenvalue weighted by Gasteiger charge is -2.01. The van der Waals surface area contributed by atoms with Crippen LogP contribution in [0.25, 0.3) is 6.08 Å². The van der Waals surface area contributed by atoms with Crippen LogP contribution in [0.4, 0.5) is 5.69 Å². The molecular formula is C10H16N2. The van der Waals surface area contributed by atoms with Gasteiger partial charge in [-0.3, -0.25) is 0 Å². The Kier molecular flexibility index (Phi) is 2.58. The van der Waals surface area contributed by atoms with E-state index in [1.807, 2.05) is 32.2 Å². The Bertz CT molecular complexity index is 295. The van der Waals surface area contributed by atoms with Gasteiger partial charge in [0.15, 0.2) is 0 Å². The molecule has 66 valence electrons. The number of aryl methyl sites for hydroxylation is 1. The summed E-state index contributed by atoms with van der Waals surface area (Å²) >= 11 is 0. The van der Waals surface area contributed by atoms with Crippen LogP contribution in [0.1, 0.15) is 25.2 Å². The van der Waals surface area contributed by atoms with E-state index in [0.29, 0.717) is 0 Å². The summed E-state index contributed by atoms with van der Waals surface area (Å²) < 4.78 is 2.13. The third-order valence-electron chi connectivity index (χ3n) is 2.10. The lowest BCUT2D eigenvalue weighted by atomic mass is 10.3. The summed E-state index contributed by atoms with van der Waals surface area (Å²) in [6.45, 7) is 4.13. The molecule has 0 atom stereocenters. The average molecular weight is 164 g/mol. The largest absolute Gasteiger partial charge is 0.397 e. The fourth-order valence-electron chi connectivity index (χ4n) is 1.40. The van der Waals surface area contributed by atoms with Crippen molar-refractivity contribution in [2.24, 2.45) is 7.05 Å². The molecule has 0 unspecified atom stereocenters. The van der Waals surface area contributed by atoms with Gasteiger partial charge in [0.05, 0.1) is 11.4 Å². The van der Waals surface area contributed by atoms with Crippen LogP contribution in [0.3, 0.4) is 0 Å². The van der Waals surface area contributed by atoms with Crippen LogP contribution in [-0.4, -0.2) is 4.57 Å². The third kappa shape index (κ3) is 1.37. The fraction of sp³-hybridized carbons (Fsp3) is 0.400. The Morgan fingerprint density at radius 2 is 2.25 bits per heavy atom. The van der Waals surface area contributed by atoms with Gasteiger partial charge >= 0.3 is 0 Å². The van der Waals surface area contributed by atoms with Crippen molar-refractivity contribution in [1.82, 2.24) is 4.57 Å². The highest BCUT2D eigenvalue weighted by Gasteiger charge is 2.04. The second-order valence-corrected chi connectivity index (χ2v) is 2.89. The maximum atomic E-state index is 5.83. The van der Waals surface area contributed by atoms with Gasteiger partial charge in [-0.05, 0) is 25.5 Å². The molecule has 0 aliphatic heterocycles. The van der Waals surface area contributed by atoms with Gasteiger partial charge in [-0.15, -0.1) is 0 Å². The highest BCUT2D eigenvalue weighted by atomic mass is 15.0. The van der Waals surface area contributed by atoms with Crippen molar-refractivity contribution in [3.8, 4) is 0 Å². The van der Waals surface area contributed by atoms with E-state index in [2.05, 4.69) is 11.5 Å². The van der Waals surface area contributed by atoms with Crippen LogP contribution in [0.5, 0.6) is 0 Å². The summed E-state index contributed by atoms with van der Waals surface area (Å²) in [5, 5.41) is 0. The van der Waals surface area contributed by atoms with Gasteiger partial charge in [0, 0.05) is 12.7 Å². The highest BCUT2D eigenvalue weighted by molar-refractivity contribution is 5.63. The predicted octanol–water partition coefficient (Wildman–Crippen LogP) is 2.20. The van der Waals surface area contributed by atoms with E-state index in [1.54, 1.807) is 0 Å². The van der Waals surface area contributed by atoms with E-state index in [0.717, 1.165) is 17.8 Å². The quantitative estimate of drug-likeness (QED) is 0.713. The highest BCUT2D eigenvalue weighted by Crippen LogP contribution is 2.18. The molecular weight excluding hydrogens is 148 g/mol. The van der Waals surface area contributed by atoms with Crippen LogP contribution in [0, 0.1) is 0 Å². The molecule has 0 radical (unpaired) electrons. The van der Waals surface area contributed by atoms with Gasteiger partial charge in [-0.25, -0.2) is 0 Å². The first-order valence-electron chi connectivity index (χ1n) is 4.27. The minimum atomic E-state index is 0.868. The molecule has 12 heavy (non-hydrogen) atoms. The number of hydrogen-bond donors (Lipinski definition) is 1. The van der Waals surface area contributed by atoms with Gasteiger partial charge in [0.2, 0.25) is 0 Å². The molecule has 0 aliphatic carbocycles. The van der Waals surface area contributed by atoms with Crippen molar-refractivity contribution in [1.29, 1.82) is 0 Å². The van der Waals surface area contributed by atoms with Gasteiger partial charge < -0.3 is 10.3 Å². The Balaban J connectivity index is 3.18. The van der Waals surface area contributed by atoms with Gasteiger partial charge in [-0.1, -0.05) is 13.0 Å². The first-order valence-corrected chi connectivity index (χ1v) is 4.27. The second kappa shape index (κ2) is 3.48. The van der Waals surface area contributed by atoms with Gasteiger partial charge in [-0.2, -0.15) is 0 Å². The standard InChI is InChI=1S/C10H16N2/c1-4-6-10-9(11)7-8(5-2)12(10)3/h4,6-7H,5,11H2,1-3H3/b6-4-. The fourth-order valence-corrected chi connectivity index (χ4v) is 1.40.